The van der Waals surface area contributed by atoms with Crippen LogP contribution in [0.3, 0.4) is 0 Å². The summed E-state index contributed by atoms with van der Waals surface area (Å²) in [6.45, 7) is 3.62. The van der Waals surface area contributed by atoms with Crippen molar-refractivity contribution in [2.75, 3.05) is 12.3 Å². The van der Waals surface area contributed by atoms with Crippen molar-refractivity contribution in [2.24, 2.45) is 0 Å². The third-order valence-corrected chi connectivity index (χ3v) is 4.41. The molecule has 0 aliphatic rings. The minimum atomic E-state index is -0.833. The molecule has 0 aliphatic heterocycles. The Morgan fingerprint density at radius 3 is 2.30 bits per heavy atom. The molecule has 0 bridgehead atoms. The van der Waals surface area contributed by atoms with E-state index in [4.69, 9.17) is 38.8 Å². The van der Waals surface area contributed by atoms with Crippen molar-refractivity contribution >= 4 is 34.9 Å². The number of aromatic hydroxyl groups is 1. The van der Waals surface area contributed by atoms with Gasteiger partial charge in [0.05, 0.1) is 16.8 Å². The highest BCUT2D eigenvalue weighted by Gasteiger charge is 2.16. The summed E-state index contributed by atoms with van der Waals surface area (Å²) in [4.78, 5) is 9.00. The van der Waals surface area contributed by atoms with E-state index in [1.54, 1.807) is 36.4 Å². The number of hydrogen-bond acceptors (Lipinski definition) is 5. The number of carboxylic acid groups (broad SMARTS) is 1. The summed E-state index contributed by atoms with van der Waals surface area (Å²) in [7, 11) is 0. The highest BCUT2D eigenvalue weighted by molar-refractivity contribution is 6.35. The summed E-state index contributed by atoms with van der Waals surface area (Å²) in [5.74, 6) is -0.656. The van der Waals surface area contributed by atoms with Crippen LogP contribution in [0, 0.1) is 0 Å². The molecule has 6 nitrogen and oxygen atoms in total. The SMILES string of the molecule is CC(=O)O.C[C@H](NCCc1cc(Cl)c(N)cc1Cl)[C@H](O)c1ccc(O)cc1. The number of hydrogen-bond donors (Lipinski definition) is 5. The molecule has 148 valence electrons. The number of benzene rings is 2. The average molecular weight is 415 g/mol. The second-order valence-electron chi connectivity index (χ2n) is 6.01. The first kappa shape index (κ1) is 23.0. The summed E-state index contributed by atoms with van der Waals surface area (Å²) in [6.07, 6.45) is 0.00643. The molecule has 0 amide bonds. The van der Waals surface area contributed by atoms with Gasteiger partial charge in [0.15, 0.2) is 0 Å². The Kier molecular flexibility index (Phi) is 9.38. The number of phenols is 1. The molecule has 0 aromatic heterocycles. The molecule has 0 saturated carbocycles. The van der Waals surface area contributed by atoms with Crippen molar-refractivity contribution in [3.63, 3.8) is 0 Å². The Labute approximate surface area is 168 Å². The third-order valence-electron chi connectivity index (χ3n) is 3.73. The Bertz CT molecular complexity index is 750. The number of carbonyl (C=O) groups is 1. The Morgan fingerprint density at radius 1 is 1.19 bits per heavy atom. The summed E-state index contributed by atoms with van der Waals surface area (Å²) in [5.41, 5.74) is 7.81. The molecule has 0 radical (unpaired) electrons. The molecule has 0 heterocycles. The first-order valence-electron chi connectivity index (χ1n) is 8.25. The number of rotatable bonds is 6. The van der Waals surface area contributed by atoms with Crippen LogP contribution in [0.2, 0.25) is 10.0 Å². The van der Waals surface area contributed by atoms with E-state index in [9.17, 15) is 10.2 Å². The van der Waals surface area contributed by atoms with Gasteiger partial charge in [-0.25, -0.2) is 0 Å². The van der Waals surface area contributed by atoms with Crippen LogP contribution in [0.4, 0.5) is 5.69 Å². The molecule has 0 fully saturated rings. The molecule has 0 saturated heterocycles. The van der Waals surface area contributed by atoms with Crippen LogP contribution in [-0.4, -0.2) is 33.9 Å². The van der Waals surface area contributed by atoms with E-state index in [-0.39, 0.29) is 11.8 Å². The lowest BCUT2D eigenvalue weighted by molar-refractivity contribution is -0.134. The van der Waals surface area contributed by atoms with E-state index < -0.39 is 12.1 Å². The van der Waals surface area contributed by atoms with E-state index in [0.717, 1.165) is 18.1 Å². The zero-order chi connectivity index (χ0) is 20.6. The van der Waals surface area contributed by atoms with Gasteiger partial charge >= 0.3 is 0 Å². The van der Waals surface area contributed by atoms with Gasteiger partial charge in [-0.05, 0) is 55.3 Å². The maximum absolute atomic E-state index is 10.3. The van der Waals surface area contributed by atoms with Gasteiger partial charge in [-0.1, -0.05) is 35.3 Å². The Morgan fingerprint density at radius 2 is 1.74 bits per heavy atom. The van der Waals surface area contributed by atoms with E-state index in [1.165, 1.54) is 0 Å². The van der Waals surface area contributed by atoms with Crippen LogP contribution in [0.15, 0.2) is 36.4 Å². The number of aliphatic carboxylic acids is 1. The molecule has 0 aliphatic carbocycles. The number of halogens is 2. The van der Waals surface area contributed by atoms with Gasteiger partial charge in [-0.3, -0.25) is 4.79 Å². The molecule has 8 heteroatoms. The molecule has 27 heavy (non-hydrogen) atoms. The third kappa shape index (κ3) is 8.05. The molecule has 2 rings (SSSR count). The van der Waals surface area contributed by atoms with Gasteiger partial charge < -0.3 is 26.4 Å². The summed E-state index contributed by atoms with van der Waals surface area (Å²) < 4.78 is 0. The van der Waals surface area contributed by atoms with Crippen molar-refractivity contribution < 1.29 is 20.1 Å². The maximum atomic E-state index is 10.3. The number of nitrogen functional groups attached to an aromatic ring is 1. The van der Waals surface area contributed by atoms with Crippen molar-refractivity contribution in [2.45, 2.75) is 32.4 Å². The van der Waals surface area contributed by atoms with E-state index in [0.29, 0.717) is 28.7 Å². The van der Waals surface area contributed by atoms with Crippen LogP contribution >= 0.6 is 23.2 Å². The lowest BCUT2D eigenvalue weighted by atomic mass is 10.0. The predicted octanol–water partition coefficient (Wildman–Crippen LogP) is 3.63. The lowest BCUT2D eigenvalue weighted by Gasteiger charge is -2.21. The zero-order valence-corrected chi connectivity index (χ0v) is 16.6. The van der Waals surface area contributed by atoms with E-state index in [2.05, 4.69) is 5.32 Å². The van der Waals surface area contributed by atoms with Crippen molar-refractivity contribution in [1.82, 2.24) is 5.32 Å². The van der Waals surface area contributed by atoms with Gasteiger partial charge in [-0.2, -0.15) is 0 Å². The lowest BCUT2D eigenvalue weighted by Crippen LogP contribution is -2.33. The fourth-order valence-electron chi connectivity index (χ4n) is 2.30. The monoisotopic (exact) mass is 414 g/mol. The minimum absolute atomic E-state index is 0.150. The van der Waals surface area contributed by atoms with Crippen LogP contribution in [0.1, 0.15) is 31.1 Å². The fourth-order valence-corrected chi connectivity index (χ4v) is 2.75. The molecular formula is C19H24Cl2N2O4. The molecule has 2 aromatic rings. The molecule has 6 N–H and O–H groups in total. The molecular weight excluding hydrogens is 391 g/mol. The highest BCUT2D eigenvalue weighted by atomic mass is 35.5. The minimum Gasteiger partial charge on any atom is -0.508 e. The van der Waals surface area contributed by atoms with E-state index in [1.807, 2.05) is 6.92 Å². The first-order valence-corrected chi connectivity index (χ1v) is 9.00. The maximum Gasteiger partial charge on any atom is 0.300 e. The molecule has 2 atom stereocenters. The molecule has 2 aromatic carbocycles. The van der Waals surface area contributed by atoms with Gasteiger partial charge in [0.2, 0.25) is 0 Å². The standard InChI is InChI=1S/C17H20Cl2N2O2.C2H4O2/c1-10(17(23)11-2-4-13(22)5-3-11)21-7-6-12-8-15(19)16(20)9-14(12)18;1-2(3)4/h2-5,8-10,17,21-23H,6-7,20H2,1H3;1H3,(H,3,4)/t10-,17-;/m0./s1. The van der Waals surface area contributed by atoms with Crippen molar-refractivity contribution in [3.8, 4) is 5.75 Å². The second-order valence-corrected chi connectivity index (χ2v) is 6.83. The van der Waals surface area contributed by atoms with Crippen LogP contribution in [-0.2, 0) is 11.2 Å². The largest absolute Gasteiger partial charge is 0.508 e. The van der Waals surface area contributed by atoms with Gasteiger partial charge in [0, 0.05) is 18.0 Å². The zero-order valence-electron chi connectivity index (χ0n) is 15.1. The predicted molar refractivity (Wildman–Crippen MR) is 108 cm³/mol. The Hall–Kier alpha value is -1.99. The van der Waals surface area contributed by atoms with Crippen molar-refractivity contribution in [1.29, 1.82) is 0 Å². The number of nitrogens with one attached hydrogen (secondary N) is 1. The first-order chi connectivity index (χ1) is 12.6. The van der Waals surface area contributed by atoms with Crippen LogP contribution < -0.4 is 11.1 Å². The van der Waals surface area contributed by atoms with E-state index >= 15 is 0 Å². The number of phenolic OH excluding ortho intramolecular Hbond substituents is 1. The quantitative estimate of drug-likeness (QED) is 0.460. The normalized spacial score (nSPS) is 12.6. The number of aliphatic hydroxyl groups is 1. The van der Waals surface area contributed by atoms with Gasteiger partial charge in [0.1, 0.15) is 5.75 Å². The van der Waals surface area contributed by atoms with Crippen molar-refractivity contribution in [3.05, 3.63) is 57.6 Å². The smallest absolute Gasteiger partial charge is 0.300 e. The number of carboxylic acids is 1. The fraction of sp³-hybridized carbons (Fsp3) is 0.316. The molecule has 0 unspecified atom stereocenters. The van der Waals surface area contributed by atoms with Crippen LogP contribution in [0.25, 0.3) is 0 Å². The van der Waals surface area contributed by atoms with Gasteiger partial charge in [0.25, 0.3) is 5.97 Å². The number of aliphatic hydroxyl groups excluding tert-OH is 1. The topological polar surface area (TPSA) is 116 Å². The summed E-state index contributed by atoms with van der Waals surface area (Å²) >= 11 is 12.2. The second kappa shape index (κ2) is 11.0. The summed E-state index contributed by atoms with van der Waals surface area (Å²) in [6, 6.07) is 9.78. The number of anilines is 1. The number of nitrogens with two attached hydrogens (primary N) is 1. The summed E-state index contributed by atoms with van der Waals surface area (Å²) in [5, 5.41) is 31.3. The Balaban J connectivity index is 0.000000828. The highest BCUT2D eigenvalue weighted by Crippen LogP contribution is 2.27. The van der Waals surface area contributed by atoms with Crippen LogP contribution in [0.5, 0.6) is 5.75 Å². The molecule has 0 spiro atoms. The van der Waals surface area contributed by atoms with Gasteiger partial charge in [-0.15, -0.1) is 0 Å². The average Bonchev–Trinajstić information content (AvgIpc) is 2.58.